The Labute approximate surface area is 182 Å². The summed E-state index contributed by atoms with van der Waals surface area (Å²) in [6, 6.07) is 3.21. The molecule has 164 valence electrons. The lowest BCUT2D eigenvalue weighted by Crippen LogP contribution is -2.47. The Bertz CT molecular complexity index is 1150. The summed E-state index contributed by atoms with van der Waals surface area (Å²) in [7, 11) is 0. The quantitative estimate of drug-likeness (QED) is 0.682. The lowest BCUT2D eigenvalue weighted by Gasteiger charge is -2.25. The third-order valence-electron chi connectivity index (χ3n) is 5.88. The molecule has 5 rings (SSSR count). The van der Waals surface area contributed by atoms with Crippen molar-refractivity contribution in [2.45, 2.75) is 31.0 Å². The van der Waals surface area contributed by atoms with Crippen LogP contribution >= 0.6 is 12.4 Å². The minimum atomic E-state index is -1.63. The van der Waals surface area contributed by atoms with Gasteiger partial charge in [-0.1, -0.05) is 0 Å². The van der Waals surface area contributed by atoms with Crippen LogP contribution in [0.25, 0.3) is 10.9 Å². The average molecular weight is 451 g/mol. The third-order valence-corrected chi connectivity index (χ3v) is 5.88. The predicted molar refractivity (Wildman–Crippen MR) is 111 cm³/mol. The van der Waals surface area contributed by atoms with Crippen molar-refractivity contribution in [3.63, 3.8) is 0 Å². The zero-order valence-electron chi connectivity index (χ0n) is 16.3. The largest absolute Gasteiger partial charge is 0.511 e. The van der Waals surface area contributed by atoms with Crippen molar-refractivity contribution in [2.24, 2.45) is 0 Å². The van der Waals surface area contributed by atoms with Gasteiger partial charge in [-0.25, -0.2) is 9.18 Å². The number of fused-ring (bicyclic) bond motifs is 2. The van der Waals surface area contributed by atoms with Gasteiger partial charge in [-0.15, -0.1) is 12.4 Å². The summed E-state index contributed by atoms with van der Waals surface area (Å²) in [5.74, 6) is -1.10. The van der Waals surface area contributed by atoms with Crippen molar-refractivity contribution in [1.29, 1.82) is 5.26 Å². The standard InChI is InChI=1S/C20H19FN4O5.ClH/c21-13-5-11-17(25(10-1-2-10)9-16(19(11)26)30-20(27)28)12(6-22)18(13)24-7-14-15(8-24)29-4-3-23-14;/h5,9-10,14-15,23H,1-4,7-8H2,(H,27,28);1H/t14-,15-;/m1./s1. The molecule has 0 radical (unpaired) electrons. The predicted octanol–water partition coefficient (Wildman–Crippen LogP) is 2.00. The van der Waals surface area contributed by atoms with E-state index in [-0.39, 0.29) is 47.2 Å². The number of benzene rings is 1. The minimum Gasteiger partial charge on any atom is -0.449 e. The van der Waals surface area contributed by atoms with Crippen LogP contribution in [0.2, 0.25) is 0 Å². The monoisotopic (exact) mass is 450 g/mol. The molecule has 2 saturated heterocycles. The molecule has 3 aliphatic rings. The van der Waals surface area contributed by atoms with Crippen molar-refractivity contribution in [3.8, 4) is 11.8 Å². The van der Waals surface area contributed by atoms with Crippen LogP contribution in [-0.2, 0) is 4.74 Å². The molecule has 3 fully saturated rings. The second-order valence-corrected chi connectivity index (χ2v) is 7.79. The number of halogens is 2. The van der Waals surface area contributed by atoms with Crippen LogP contribution in [-0.4, -0.2) is 54.2 Å². The Morgan fingerprint density at radius 2 is 2.16 bits per heavy atom. The van der Waals surface area contributed by atoms with Crippen molar-refractivity contribution >= 4 is 35.2 Å². The molecule has 31 heavy (non-hydrogen) atoms. The van der Waals surface area contributed by atoms with Gasteiger partial charge < -0.3 is 29.4 Å². The van der Waals surface area contributed by atoms with E-state index < -0.39 is 23.2 Å². The molecule has 1 saturated carbocycles. The molecule has 1 aromatic carbocycles. The molecular formula is C20H20ClFN4O5. The fourth-order valence-electron chi connectivity index (χ4n) is 4.45. The van der Waals surface area contributed by atoms with Gasteiger partial charge in [0.1, 0.15) is 17.4 Å². The Balaban J connectivity index is 0.00000231. The first-order valence-corrected chi connectivity index (χ1v) is 9.80. The topological polar surface area (TPSA) is 117 Å². The summed E-state index contributed by atoms with van der Waals surface area (Å²) < 4.78 is 27.3. The lowest BCUT2D eigenvalue weighted by molar-refractivity contribution is 0.0212. The van der Waals surface area contributed by atoms with E-state index in [4.69, 9.17) is 9.84 Å². The molecule has 1 aromatic heterocycles. The Kier molecular flexibility index (Phi) is 5.51. The first kappa shape index (κ1) is 21.4. The molecule has 2 atom stereocenters. The molecule has 2 aliphatic heterocycles. The maximum absolute atomic E-state index is 15.3. The van der Waals surface area contributed by atoms with E-state index >= 15 is 4.39 Å². The molecule has 0 amide bonds. The first-order valence-electron chi connectivity index (χ1n) is 9.80. The highest BCUT2D eigenvalue weighted by Gasteiger charge is 2.38. The number of aromatic nitrogens is 1. The number of morpholine rings is 1. The molecule has 2 N–H and O–H groups in total. The molecule has 2 aromatic rings. The van der Waals surface area contributed by atoms with E-state index in [1.807, 2.05) is 0 Å². The van der Waals surface area contributed by atoms with E-state index in [0.717, 1.165) is 18.9 Å². The summed E-state index contributed by atoms with van der Waals surface area (Å²) in [6.45, 7) is 2.21. The summed E-state index contributed by atoms with van der Waals surface area (Å²) in [6.07, 6.45) is 1.21. The van der Waals surface area contributed by atoms with E-state index in [9.17, 15) is 14.9 Å². The number of nitrogens with one attached hydrogen (secondary N) is 1. The van der Waals surface area contributed by atoms with Crippen LogP contribution in [0.15, 0.2) is 17.1 Å². The SMILES string of the molecule is Cl.N#Cc1c(N2C[C@H]3NCCO[C@@H]3C2)c(F)cc2c(=O)c(OC(=O)O)cn(C3CC3)c12. The summed E-state index contributed by atoms with van der Waals surface area (Å²) in [5.41, 5.74) is -0.241. The maximum atomic E-state index is 15.3. The fourth-order valence-corrected chi connectivity index (χ4v) is 4.45. The van der Waals surface area contributed by atoms with Gasteiger partial charge >= 0.3 is 6.16 Å². The number of hydrogen-bond acceptors (Lipinski definition) is 7. The second-order valence-electron chi connectivity index (χ2n) is 7.79. The maximum Gasteiger partial charge on any atom is 0.511 e. The highest BCUT2D eigenvalue weighted by Crippen LogP contribution is 2.41. The van der Waals surface area contributed by atoms with Gasteiger partial charge in [-0.3, -0.25) is 4.79 Å². The lowest BCUT2D eigenvalue weighted by atomic mass is 10.1. The number of rotatable bonds is 3. The third kappa shape index (κ3) is 3.59. The number of anilines is 1. The highest BCUT2D eigenvalue weighted by atomic mass is 35.5. The molecule has 11 heteroatoms. The number of ether oxygens (including phenoxy) is 2. The zero-order chi connectivity index (χ0) is 21.0. The molecule has 0 unspecified atom stereocenters. The second kappa shape index (κ2) is 8.00. The number of nitrogens with zero attached hydrogens (tertiary/aromatic N) is 3. The smallest absolute Gasteiger partial charge is 0.449 e. The Morgan fingerprint density at radius 3 is 2.81 bits per heavy atom. The van der Waals surface area contributed by atoms with Crippen molar-refractivity contribution < 1.29 is 23.8 Å². The number of nitriles is 1. The van der Waals surface area contributed by atoms with Crippen LogP contribution in [0, 0.1) is 17.1 Å². The van der Waals surface area contributed by atoms with E-state index in [1.165, 1.54) is 6.20 Å². The van der Waals surface area contributed by atoms with E-state index in [2.05, 4.69) is 16.1 Å². The molecule has 0 spiro atoms. The van der Waals surface area contributed by atoms with Crippen LogP contribution in [0.1, 0.15) is 24.4 Å². The number of pyridine rings is 1. The fraction of sp³-hybridized carbons (Fsp3) is 0.450. The Hall–Kier alpha value is -2.87. The number of hydrogen-bond donors (Lipinski definition) is 2. The van der Waals surface area contributed by atoms with Gasteiger partial charge in [0.25, 0.3) is 0 Å². The zero-order valence-corrected chi connectivity index (χ0v) is 17.2. The molecule has 0 bridgehead atoms. The Morgan fingerprint density at radius 1 is 1.39 bits per heavy atom. The van der Waals surface area contributed by atoms with Gasteiger partial charge in [-0.2, -0.15) is 5.26 Å². The average Bonchev–Trinajstić information content (AvgIpc) is 3.47. The number of carbonyl (C=O) groups is 1. The van der Waals surface area contributed by atoms with Crippen LogP contribution in [0.5, 0.6) is 5.75 Å². The van der Waals surface area contributed by atoms with Crippen molar-refractivity contribution in [2.75, 3.05) is 31.1 Å². The number of carboxylic acid groups (broad SMARTS) is 1. The molecule has 1 aliphatic carbocycles. The van der Waals surface area contributed by atoms with E-state index in [0.29, 0.717) is 31.8 Å². The highest BCUT2D eigenvalue weighted by molar-refractivity contribution is 5.92. The van der Waals surface area contributed by atoms with Crippen LogP contribution in [0.4, 0.5) is 14.9 Å². The van der Waals surface area contributed by atoms with Crippen LogP contribution < -0.4 is 20.4 Å². The van der Waals surface area contributed by atoms with Gasteiger partial charge in [0.15, 0.2) is 5.75 Å². The first-order chi connectivity index (χ1) is 14.5. The van der Waals surface area contributed by atoms with Crippen LogP contribution in [0.3, 0.4) is 0 Å². The minimum absolute atomic E-state index is 0. The summed E-state index contributed by atoms with van der Waals surface area (Å²) >= 11 is 0. The van der Waals surface area contributed by atoms with Gasteiger partial charge in [-0.05, 0) is 18.9 Å². The van der Waals surface area contributed by atoms with Crippen molar-refractivity contribution in [1.82, 2.24) is 9.88 Å². The van der Waals surface area contributed by atoms with Gasteiger partial charge in [0.2, 0.25) is 5.43 Å². The molecular weight excluding hydrogens is 431 g/mol. The normalized spacial score (nSPS) is 22.5. The van der Waals surface area contributed by atoms with Crippen molar-refractivity contribution in [3.05, 3.63) is 33.9 Å². The molecule has 9 nitrogen and oxygen atoms in total. The summed E-state index contributed by atoms with van der Waals surface area (Å²) in [4.78, 5) is 25.6. The van der Waals surface area contributed by atoms with Gasteiger partial charge in [0, 0.05) is 25.7 Å². The van der Waals surface area contributed by atoms with Gasteiger partial charge in [0.05, 0.1) is 41.5 Å². The molecule has 3 heterocycles. The van der Waals surface area contributed by atoms with E-state index in [1.54, 1.807) is 9.47 Å². The summed E-state index contributed by atoms with van der Waals surface area (Å²) in [5, 5.41) is 22.2.